The van der Waals surface area contributed by atoms with Crippen LogP contribution >= 0.6 is 0 Å². The highest BCUT2D eigenvalue weighted by Crippen LogP contribution is 2.23. The van der Waals surface area contributed by atoms with Crippen LogP contribution in [0.1, 0.15) is 19.4 Å². The van der Waals surface area contributed by atoms with E-state index in [2.05, 4.69) is 4.74 Å². The fourth-order valence-electron chi connectivity index (χ4n) is 1.41. The summed E-state index contributed by atoms with van der Waals surface area (Å²) < 4.78 is 45.1. The first-order valence-electron chi connectivity index (χ1n) is 5.74. The fourth-order valence-corrected chi connectivity index (χ4v) is 1.41. The van der Waals surface area contributed by atoms with Crippen LogP contribution in [0.25, 0.3) is 0 Å². The molecule has 1 atom stereocenters. The second kappa shape index (κ2) is 6.56. The van der Waals surface area contributed by atoms with Crippen LogP contribution in [-0.4, -0.2) is 18.4 Å². The Hall–Kier alpha value is -1.56. The number of esters is 1. The van der Waals surface area contributed by atoms with Gasteiger partial charge in [-0.15, -0.1) is 13.2 Å². The van der Waals surface area contributed by atoms with E-state index in [9.17, 15) is 18.0 Å². The first kappa shape index (κ1) is 15.5. The Kier molecular flexibility index (Phi) is 5.35. The van der Waals surface area contributed by atoms with Crippen molar-refractivity contribution >= 4 is 5.97 Å². The van der Waals surface area contributed by atoms with Gasteiger partial charge in [0.25, 0.3) is 0 Å². The van der Waals surface area contributed by atoms with E-state index in [1.165, 1.54) is 13.8 Å². The molecule has 1 aromatic carbocycles. The van der Waals surface area contributed by atoms with Crippen molar-refractivity contribution in [1.82, 2.24) is 0 Å². The fraction of sp³-hybridized carbons (Fsp3) is 0.462. The Morgan fingerprint density at radius 1 is 1.21 bits per heavy atom. The van der Waals surface area contributed by atoms with Crippen LogP contribution in [0.4, 0.5) is 13.2 Å². The number of benzene rings is 1. The quantitative estimate of drug-likeness (QED) is 0.774. The van der Waals surface area contributed by atoms with Gasteiger partial charge in [-0.1, -0.05) is 44.2 Å². The lowest BCUT2D eigenvalue weighted by Gasteiger charge is -2.21. The van der Waals surface area contributed by atoms with Crippen molar-refractivity contribution in [2.24, 2.45) is 5.92 Å². The van der Waals surface area contributed by atoms with Gasteiger partial charge >= 0.3 is 12.3 Å². The van der Waals surface area contributed by atoms with Crippen LogP contribution in [0.5, 0.6) is 0 Å². The summed E-state index contributed by atoms with van der Waals surface area (Å²) >= 11 is 0. The average molecular weight is 276 g/mol. The third-order valence-electron chi connectivity index (χ3n) is 2.32. The highest BCUT2D eigenvalue weighted by molar-refractivity contribution is 5.75. The smallest absolute Gasteiger partial charge is 0.459 e. The molecule has 0 radical (unpaired) electrons. The predicted molar refractivity (Wildman–Crippen MR) is 62.0 cm³/mol. The maximum absolute atomic E-state index is 12.2. The molecule has 6 heteroatoms. The molecule has 0 N–H and O–H groups in total. The number of halogens is 3. The van der Waals surface area contributed by atoms with Crippen LogP contribution in [0.15, 0.2) is 30.3 Å². The minimum atomic E-state index is -4.86. The summed E-state index contributed by atoms with van der Waals surface area (Å²) in [4.78, 5) is 11.6. The van der Waals surface area contributed by atoms with Crippen LogP contribution in [0.2, 0.25) is 0 Å². The largest absolute Gasteiger partial charge is 0.523 e. The SMILES string of the molecule is CC(C)C(OC(F)(F)F)C(=O)OCc1ccccc1. The second-order valence-electron chi connectivity index (χ2n) is 4.32. The third kappa shape index (κ3) is 5.74. The minimum absolute atomic E-state index is 0.0793. The normalized spacial score (nSPS) is 13.4. The Morgan fingerprint density at radius 3 is 2.26 bits per heavy atom. The lowest BCUT2D eigenvalue weighted by molar-refractivity contribution is -0.344. The van der Waals surface area contributed by atoms with Crippen LogP contribution < -0.4 is 0 Å². The maximum Gasteiger partial charge on any atom is 0.523 e. The van der Waals surface area contributed by atoms with Crippen LogP contribution in [0.3, 0.4) is 0 Å². The number of carbonyl (C=O) groups excluding carboxylic acids is 1. The molecule has 0 aromatic heterocycles. The first-order chi connectivity index (χ1) is 8.79. The van der Waals surface area contributed by atoms with E-state index in [0.717, 1.165) is 0 Å². The summed E-state index contributed by atoms with van der Waals surface area (Å²) in [6.07, 6.45) is -6.51. The molecule has 0 heterocycles. The Balaban J connectivity index is 2.58. The number of hydrogen-bond donors (Lipinski definition) is 0. The van der Waals surface area contributed by atoms with E-state index in [4.69, 9.17) is 4.74 Å². The van der Waals surface area contributed by atoms with E-state index < -0.39 is 24.4 Å². The molecule has 106 valence electrons. The standard InChI is InChI=1S/C13H15F3O3/c1-9(2)11(19-13(14,15)16)12(17)18-8-10-6-4-3-5-7-10/h3-7,9,11H,8H2,1-2H3. The van der Waals surface area contributed by atoms with Crippen molar-refractivity contribution in [3.8, 4) is 0 Å². The predicted octanol–water partition coefficient (Wildman–Crippen LogP) is 3.29. The third-order valence-corrected chi connectivity index (χ3v) is 2.32. The lowest BCUT2D eigenvalue weighted by atomic mass is 10.1. The molecule has 0 aliphatic rings. The zero-order valence-electron chi connectivity index (χ0n) is 10.6. The van der Waals surface area contributed by atoms with Gasteiger partial charge in [0.1, 0.15) is 6.61 Å². The summed E-state index contributed by atoms with van der Waals surface area (Å²) in [6, 6.07) is 8.70. The lowest BCUT2D eigenvalue weighted by Crippen LogP contribution is -2.36. The highest BCUT2D eigenvalue weighted by atomic mass is 19.4. The number of rotatable bonds is 5. The molecule has 0 bridgehead atoms. The molecule has 0 aliphatic carbocycles. The van der Waals surface area contributed by atoms with Crippen LogP contribution in [0, 0.1) is 5.92 Å². The molecular weight excluding hydrogens is 261 g/mol. The van der Waals surface area contributed by atoms with Crippen molar-refractivity contribution in [1.29, 1.82) is 0 Å². The van der Waals surface area contributed by atoms with Crippen molar-refractivity contribution in [3.05, 3.63) is 35.9 Å². The molecule has 0 amide bonds. The molecule has 0 saturated heterocycles. The Morgan fingerprint density at radius 2 is 1.79 bits per heavy atom. The Labute approximate surface area is 109 Å². The summed E-state index contributed by atoms with van der Waals surface area (Å²) in [5.74, 6) is -1.65. The van der Waals surface area contributed by atoms with Crippen LogP contribution in [-0.2, 0) is 20.9 Å². The van der Waals surface area contributed by atoms with Gasteiger partial charge in [-0.25, -0.2) is 4.79 Å². The van der Waals surface area contributed by atoms with Crippen molar-refractivity contribution < 1.29 is 27.4 Å². The van der Waals surface area contributed by atoms with Gasteiger partial charge < -0.3 is 4.74 Å². The topological polar surface area (TPSA) is 35.5 Å². The van der Waals surface area contributed by atoms with Gasteiger partial charge in [0.05, 0.1) is 0 Å². The first-order valence-corrected chi connectivity index (χ1v) is 5.74. The summed E-state index contributed by atoms with van der Waals surface area (Å²) in [5, 5.41) is 0. The maximum atomic E-state index is 12.2. The van der Waals surface area contributed by atoms with E-state index in [1.807, 2.05) is 0 Å². The Bertz CT molecular complexity index is 401. The van der Waals surface area contributed by atoms with Gasteiger partial charge in [-0.05, 0) is 11.5 Å². The van der Waals surface area contributed by atoms with Gasteiger partial charge in [0, 0.05) is 0 Å². The number of hydrogen-bond acceptors (Lipinski definition) is 3. The number of ether oxygens (including phenoxy) is 2. The molecule has 0 saturated carbocycles. The van der Waals surface area contributed by atoms with Gasteiger partial charge in [0.15, 0.2) is 6.10 Å². The zero-order chi connectivity index (χ0) is 14.5. The zero-order valence-corrected chi connectivity index (χ0v) is 10.6. The van der Waals surface area contributed by atoms with E-state index in [-0.39, 0.29) is 6.61 Å². The molecule has 19 heavy (non-hydrogen) atoms. The molecule has 1 rings (SSSR count). The molecule has 1 aromatic rings. The summed E-state index contributed by atoms with van der Waals surface area (Å²) in [6.45, 7) is 2.84. The summed E-state index contributed by atoms with van der Waals surface area (Å²) in [5.41, 5.74) is 0.699. The van der Waals surface area contributed by atoms with Crippen molar-refractivity contribution in [3.63, 3.8) is 0 Å². The van der Waals surface area contributed by atoms with E-state index in [1.54, 1.807) is 30.3 Å². The van der Waals surface area contributed by atoms with E-state index in [0.29, 0.717) is 5.56 Å². The van der Waals surface area contributed by atoms with E-state index >= 15 is 0 Å². The average Bonchev–Trinajstić information content (AvgIpc) is 2.33. The molecule has 0 aliphatic heterocycles. The van der Waals surface area contributed by atoms with Gasteiger partial charge in [-0.3, -0.25) is 4.74 Å². The van der Waals surface area contributed by atoms with Crippen molar-refractivity contribution in [2.75, 3.05) is 0 Å². The number of alkyl halides is 3. The number of carbonyl (C=O) groups is 1. The van der Waals surface area contributed by atoms with Gasteiger partial charge in [-0.2, -0.15) is 0 Å². The molecule has 0 spiro atoms. The highest BCUT2D eigenvalue weighted by Gasteiger charge is 2.39. The molecule has 0 fully saturated rings. The molecule has 1 unspecified atom stereocenters. The molecular formula is C13H15F3O3. The monoisotopic (exact) mass is 276 g/mol. The van der Waals surface area contributed by atoms with Gasteiger partial charge in [0.2, 0.25) is 0 Å². The van der Waals surface area contributed by atoms with Crippen molar-refractivity contribution in [2.45, 2.75) is 32.9 Å². The second-order valence-corrected chi connectivity index (χ2v) is 4.32. The molecule has 3 nitrogen and oxygen atoms in total. The summed E-state index contributed by atoms with van der Waals surface area (Å²) in [7, 11) is 0. The minimum Gasteiger partial charge on any atom is -0.459 e.